The fourth-order valence-electron chi connectivity index (χ4n) is 1.89. The molecule has 0 heterocycles. The van der Waals surface area contributed by atoms with Crippen molar-refractivity contribution < 1.29 is 4.39 Å². The van der Waals surface area contributed by atoms with Crippen LogP contribution in [-0.4, -0.2) is 11.7 Å². The summed E-state index contributed by atoms with van der Waals surface area (Å²) in [6.07, 6.45) is 1.82. The van der Waals surface area contributed by atoms with Crippen molar-refractivity contribution in [2.45, 2.75) is 12.8 Å². The Bertz CT molecular complexity index is 601. The van der Waals surface area contributed by atoms with Gasteiger partial charge in [-0.3, -0.25) is 0 Å². The zero-order chi connectivity index (χ0) is 15.1. The molecule has 0 aliphatic heterocycles. The van der Waals surface area contributed by atoms with E-state index in [0.29, 0.717) is 5.11 Å². The summed E-state index contributed by atoms with van der Waals surface area (Å²) < 4.78 is 12.8. The summed E-state index contributed by atoms with van der Waals surface area (Å²) in [4.78, 5) is 0. The molecule has 0 fully saturated rings. The van der Waals surface area contributed by atoms with E-state index in [4.69, 9.17) is 23.8 Å². The number of nitrogens with one attached hydrogen (secondary N) is 2. The molecule has 2 rings (SSSR count). The molecule has 0 unspecified atom stereocenters. The molecule has 0 aromatic heterocycles. The van der Waals surface area contributed by atoms with Crippen molar-refractivity contribution in [2.24, 2.45) is 0 Å². The van der Waals surface area contributed by atoms with Gasteiger partial charge in [-0.05, 0) is 61.0 Å². The third kappa shape index (κ3) is 5.33. The van der Waals surface area contributed by atoms with E-state index in [1.165, 1.54) is 12.1 Å². The third-order valence-corrected chi connectivity index (χ3v) is 3.58. The van der Waals surface area contributed by atoms with Crippen molar-refractivity contribution in [1.29, 1.82) is 0 Å². The van der Waals surface area contributed by atoms with Crippen LogP contribution in [0.15, 0.2) is 48.5 Å². The zero-order valence-corrected chi connectivity index (χ0v) is 13.0. The van der Waals surface area contributed by atoms with Gasteiger partial charge >= 0.3 is 0 Å². The van der Waals surface area contributed by atoms with E-state index in [1.54, 1.807) is 12.1 Å². The first-order valence-corrected chi connectivity index (χ1v) is 7.47. The van der Waals surface area contributed by atoms with Crippen LogP contribution in [-0.2, 0) is 6.42 Å². The first kappa shape index (κ1) is 15.7. The minimum atomic E-state index is -0.265. The number of rotatable bonds is 5. The maximum Gasteiger partial charge on any atom is 0.170 e. The highest BCUT2D eigenvalue weighted by Crippen LogP contribution is 2.16. The van der Waals surface area contributed by atoms with E-state index < -0.39 is 0 Å². The van der Waals surface area contributed by atoms with Crippen molar-refractivity contribution in [2.75, 3.05) is 11.9 Å². The normalized spacial score (nSPS) is 10.2. The lowest BCUT2D eigenvalue weighted by atomic mass is 10.1. The minimum absolute atomic E-state index is 0.265. The Morgan fingerprint density at radius 2 is 1.81 bits per heavy atom. The van der Waals surface area contributed by atoms with Gasteiger partial charge in [0.25, 0.3) is 0 Å². The molecule has 5 heteroatoms. The lowest BCUT2D eigenvalue weighted by Crippen LogP contribution is -2.29. The van der Waals surface area contributed by atoms with Gasteiger partial charge < -0.3 is 10.6 Å². The van der Waals surface area contributed by atoms with E-state index in [9.17, 15) is 4.39 Å². The fraction of sp³-hybridized carbons (Fsp3) is 0.188. The second-order valence-electron chi connectivity index (χ2n) is 4.58. The molecule has 0 aliphatic carbocycles. The maximum atomic E-state index is 12.8. The Hall–Kier alpha value is -1.65. The summed E-state index contributed by atoms with van der Waals surface area (Å²) in [5.74, 6) is -0.265. The van der Waals surface area contributed by atoms with Gasteiger partial charge in [-0.25, -0.2) is 4.39 Å². The molecular formula is C16H16ClFN2S. The van der Waals surface area contributed by atoms with Crippen molar-refractivity contribution in [3.63, 3.8) is 0 Å². The highest BCUT2D eigenvalue weighted by Gasteiger charge is 2.00. The van der Waals surface area contributed by atoms with Crippen LogP contribution in [0.1, 0.15) is 12.0 Å². The average Bonchev–Trinajstić information content (AvgIpc) is 2.48. The molecule has 0 radical (unpaired) electrons. The van der Waals surface area contributed by atoms with Gasteiger partial charge in [-0.2, -0.15) is 0 Å². The van der Waals surface area contributed by atoms with Crippen LogP contribution in [0.2, 0.25) is 5.02 Å². The maximum absolute atomic E-state index is 12.8. The number of anilines is 1. The molecule has 0 atom stereocenters. The number of aryl methyl sites for hydroxylation is 1. The van der Waals surface area contributed by atoms with Crippen LogP contribution in [0, 0.1) is 5.82 Å². The lowest BCUT2D eigenvalue weighted by Gasteiger charge is -2.10. The molecule has 0 saturated heterocycles. The van der Waals surface area contributed by atoms with E-state index >= 15 is 0 Å². The molecule has 0 bridgehead atoms. The number of benzene rings is 2. The fourth-order valence-corrected chi connectivity index (χ4v) is 2.34. The molecule has 110 valence electrons. The first-order chi connectivity index (χ1) is 10.1. The lowest BCUT2D eigenvalue weighted by molar-refractivity contribution is 0.628. The Morgan fingerprint density at radius 3 is 2.52 bits per heavy atom. The summed E-state index contributed by atoms with van der Waals surface area (Å²) in [7, 11) is 0. The van der Waals surface area contributed by atoms with Crippen molar-refractivity contribution >= 4 is 34.6 Å². The van der Waals surface area contributed by atoms with Crippen molar-refractivity contribution in [3.05, 3.63) is 64.9 Å². The SMILES string of the molecule is Fc1ccc(NC(=S)NCCCc2ccccc2Cl)cc1. The van der Waals surface area contributed by atoms with Gasteiger partial charge in [0, 0.05) is 17.3 Å². The molecule has 2 nitrogen and oxygen atoms in total. The van der Waals surface area contributed by atoms with E-state index in [-0.39, 0.29) is 5.82 Å². The van der Waals surface area contributed by atoms with E-state index in [1.807, 2.05) is 24.3 Å². The van der Waals surface area contributed by atoms with Crippen LogP contribution in [0.3, 0.4) is 0 Å². The molecule has 21 heavy (non-hydrogen) atoms. The summed E-state index contributed by atoms with van der Waals surface area (Å²) in [6, 6.07) is 13.9. The van der Waals surface area contributed by atoms with Gasteiger partial charge in [-0.1, -0.05) is 29.8 Å². The van der Waals surface area contributed by atoms with Gasteiger partial charge in [0.05, 0.1) is 0 Å². The molecule has 0 saturated carbocycles. The van der Waals surface area contributed by atoms with Gasteiger partial charge in [0.1, 0.15) is 5.82 Å². The number of hydrogen-bond donors (Lipinski definition) is 2. The summed E-state index contributed by atoms with van der Waals surface area (Å²) >= 11 is 11.3. The molecule has 2 aromatic rings. The standard InChI is InChI=1S/C16H16ClFN2S/c17-15-6-2-1-4-12(15)5-3-11-19-16(21)20-14-9-7-13(18)8-10-14/h1-2,4,6-10H,3,5,11H2,(H2,19,20,21). The van der Waals surface area contributed by atoms with Crippen molar-refractivity contribution in [1.82, 2.24) is 5.32 Å². The average molecular weight is 323 g/mol. The Kier molecular flexibility index (Phi) is 5.96. The quantitative estimate of drug-likeness (QED) is 0.630. The van der Waals surface area contributed by atoms with Gasteiger partial charge in [0.2, 0.25) is 0 Å². The Balaban J connectivity index is 1.70. The molecule has 2 aromatic carbocycles. The summed E-state index contributed by atoms with van der Waals surface area (Å²) in [5, 5.41) is 7.45. The van der Waals surface area contributed by atoms with Gasteiger partial charge in [-0.15, -0.1) is 0 Å². The summed E-state index contributed by atoms with van der Waals surface area (Å²) in [5.41, 5.74) is 1.90. The number of hydrogen-bond acceptors (Lipinski definition) is 1. The van der Waals surface area contributed by atoms with Crippen LogP contribution in [0.5, 0.6) is 0 Å². The molecule has 0 amide bonds. The molecular weight excluding hydrogens is 307 g/mol. The molecule has 0 aliphatic rings. The zero-order valence-electron chi connectivity index (χ0n) is 11.4. The predicted octanol–water partition coefficient (Wildman–Crippen LogP) is 4.40. The minimum Gasteiger partial charge on any atom is -0.362 e. The van der Waals surface area contributed by atoms with Crippen LogP contribution in [0.25, 0.3) is 0 Å². The van der Waals surface area contributed by atoms with Gasteiger partial charge in [0.15, 0.2) is 5.11 Å². The predicted molar refractivity (Wildman–Crippen MR) is 90.4 cm³/mol. The highest BCUT2D eigenvalue weighted by atomic mass is 35.5. The van der Waals surface area contributed by atoms with E-state index in [2.05, 4.69) is 10.6 Å². The third-order valence-electron chi connectivity index (χ3n) is 2.97. The smallest absolute Gasteiger partial charge is 0.170 e. The van der Waals surface area contributed by atoms with Crippen LogP contribution in [0.4, 0.5) is 10.1 Å². The van der Waals surface area contributed by atoms with E-state index in [0.717, 1.165) is 35.7 Å². The second kappa shape index (κ2) is 7.96. The second-order valence-corrected chi connectivity index (χ2v) is 5.40. The van der Waals surface area contributed by atoms with Crippen LogP contribution < -0.4 is 10.6 Å². The first-order valence-electron chi connectivity index (χ1n) is 6.69. The topological polar surface area (TPSA) is 24.1 Å². The Labute approximate surface area is 134 Å². The number of halogens is 2. The molecule has 0 spiro atoms. The monoisotopic (exact) mass is 322 g/mol. The highest BCUT2D eigenvalue weighted by molar-refractivity contribution is 7.80. The van der Waals surface area contributed by atoms with Crippen LogP contribution >= 0.6 is 23.8 Å². The largest absolute Gasteiger partial charge is 0.362 e. The summed E-state index contributed by atoms with van der Waals surface area (Å²) in [6.45, 7) is 0.748. The van der Waals surface area contributed by atoms with Crippen molar-refractivity contribution in [3.8, 4) is 0 Å². The Morgan fingerprint density at radius 1 is 1.10 bits per heavy atom. The molecule has 2 N–H and O–H groups in total. The number of thiocarbonyl (C=S) groups is 1.